The van der Waals surface area contributed by atoms with Gasteiger partial charge in [0, 0.05) is 44.0 Å². The Kier molecular flexibility index (Phi) is 4.01. The maximum atomic E-state index is 15.6. The van der Waals surface area contributed by atoms with Gasteiger partial charge in [0.25, 0.3) is 0 Å². The fourth-order valence-electron chi connectivity index (χ4n) is 7.80. The van der Waals surface area contributed by atoms with E-state index in [9.17, 15) is 0 Å². The molecule has 1 atom stereocenters. The Morgan fingerprint density at radius 3 is 1.98 bits per heavy atom. The van der Waals surface area contributed by atoms with Crippen molar-refractivity contribution < 1.29 is 4.57 Å². The highest BCUT2D eigenvalue weighted by atomic mass is 31.2. The summed E-state index contributed by atoms with van der Waals surface area (Å²) in [5.41, 5.74) is 11.4. The van der Waals surface area contributed by atoms with Crippen LogP contribution in [0, 0.1) is 0 Å². The summed E-state index contributed by atoms with van der Waals surface area (Å²) in [6, 6.07) is 47.4. The molecule has 1 unspecified atom stereocenters. The van der Waals surface area contributed by atoms with E-state index < -0.39 is 7.02 Å². The molecule has 6 aromatic carbocycles. The van der Waals surface area contributed by atoms with E-state index in [4.69, 9.17) is 0 Å². The Morgan fingerprint density at radius 1 is 0.537 bits per heavy atom. The van der Waals surface area contributed by atoms with Crippen molar-refractivity contribution in [3.8, 4) is 27.9 Å². The molecule has 0 N–H and O–H groups in total. The highest BCUT2D eigenvalue weighted by Crippen LogP contribution is 2.65. The topological polar surface area (TPSA) is 25.2 Å². The normalized spacial score (nSPS) is 17.4. The Labute approximate surface area is 237 Å². The Morgan fingerprint density at radius 2 is 1.17 bits per heavy atom. The zero-order chi connectivity index (χ0) is 26.9. The van der Waals surface area contributed by atoms with Gasteiger partial charge in [-0.2, -0.15) is 0 Å². The molecule has 3 aliphatic rings. The van der Waals surface area contributed by atoms with Crippen molar-refractivity contribution in [1.82, 2.24) is 4.57 Å². The van der Waals surface area contributed by atoms with Gasteiger partial charge in [-0.25, -0.2) is 0 Å². The first-order chi connectivity index (χ1) is 20.2. The average molecular weight is 540 g/mol. The quantitative estimate of drug-likeness (QED) is 0.158. The number of anilines is 2. The summed E-state index contributed by atoms with van der Waals surface area (Å²) in [7, 11) is -2.99. The van der Waals surface area contributed by atoms with Crippen LogP contribution in [0.2, 0.25) is 0 Å². The molecule has 0 aliphatic carbocycles. The summed E-state index contributed by atoms with van der Waals surface area (Å²) in [4.78, 5) is 2.37. The number of rotatable bonds is 1. The lowest BCUT2D eigenvalue weighted by Crippen LogP contribution is -2.48. The van der Waals surface area contributed by atoms with Crippen LogP contribution in [0.15, 0.2) is 133 Å². The lowest BCUT2D eigenvalue weighted by atomic mass is 9.69. The monoisotopic (exact) mass is 540 g/mol. The Hall–Kier alpha value is -4.79. The average Bonchev–Trinajstić information content (AvgIpc) is 3.61. The van der Waals surface area contributed by atoms with Crippen LogP contribution in [0.4, 0.5) is 11.4 Å². The van der Waals surface area contributed by atoms with Crippen molar-refractivity contribution in [3.63, 3.8) is 0 Å². The minimum atomic E-state index is -2.99. The van der Waals surface area contributed by atoms with E-state index in [1.165, 1.54) is 27.4 Å². The van der Waals surface area contributed by atoms with Gasteiger partial charge in [-0.1, -0.05) is 97.1 Å². The fourth-order valence-corrected chi connectivity index (χ4v) is 11.7. The van der Waals surface area contributed by atoms with Crippen LogP contribution >= 0.6 is 7.02 Å². The number of para-hydroxylation sites is 3. The molecule has 3 nitrogen and oxygen atoms in total. The smallest absolute Gasteiger partial charge is 0.373 e. The molecule has 10 rings (SSSR count). The van der Waals surface area contributed by atoms with Crippen LogP contribution in [0.25, 0.3) is 49.7 Å². The summed E-state index contributed by atoms with van der Waals surface area (Å²) in [6.45, 7) is -0.264. The van der Waals surface area contributed by atoms with Crippen molar-refractivity contribution in [1.29, 1.82) is 0 Å². The number of benzene rings is 6. The van der Waals surface area contributed by atoms with E-state index in [1.807, 2.05) is 6.07 Å². The largest absolute Gasteiger partial charge is 0.377 e. The molecule has 0 bridgehead atoms. The van der Waals surface area contributed by atoms with Crippen LogP contribution < -0.4 is 20.9 Å². The maximum absolute atomic E-state index is 15.6. The molecule has 0 radical (unpaired) electrons. The van der Waals surface area contributed by atoms with Gasteiger partial charge >= 0.3 is 6.57 Å². The van der Waals surface area contributed by atoms with Crippen molar-refractivity contribution in [2.45, 2.75) is 0 Å². The molecule has 1 aromatic heterocycles. The molecule has 3 aliphatic heterocycles. The first-order valence-corrected chi connectivity index (χ1v) is 15.9. The van der Waals surface area contributed by atoms with Gasteiger partial charge in [0.15, 0.2) is 0 Å². The lowest BCUT2D eigenvalue weighted by molar-refractivity contribution is 0.595. The molecule has 0 spiro atoms. The molecule has 0 saturated carbocycles. The van der Waals surface area contributed by atoms with Gasteiger partial charge in [-0.15, -0.1) is 0 Å². The van der Waals surface area contributed by atoms with Crippen molar-refractivity contribution in [3.05, 3.63) is 133 Å². The third kappa shape index (κ3) is 2.52. The van der Waals surface area contributed by atoms with Gasteiger partial charge in [0.05, 0.1) is 11.0 Å². The van der Waals surface area contributed by atoms with Gasteiger partial charge in [-0.3, -0.25) is 0 Å². The summed E-state index contributed by atoms with van der Waals surface area (Å²) in [5.74, 6) is 0. The van der Waals surface area contributed by atoms with E-state index in [2.05, 4.69) is 137 Å². The molecule has 0 amide bonds. The van der Waals surface area contributed by atoms with Gasteiger partial charge in [0.2, 0.25) is 0 Å². The standard InChI is InChI=1S/C36H22BN2OP/c40-41-35-19-8-4-13-27(35)28-14-9-18-34(36(28)41)39-33-17-7-3-12-26(33)29-22-23(20-21-30(29)37(39)41)38-31-15-5-1-10-24(31)25-11-2-6-16-32(25)38/h1-22H. The van der Waals surface area contributed by atoms with E-state index in [0.29, 0.717) is 0 Å². The molecule has 5 heteroatoms. The Bertz CT molecular complexity index is 2280. The number of nitrogens with zero attached hydrogens (tertiary/aromatic N) is 2. The molecule has 41 heavy (non-hydrogen) atoms. The van der Waals surface area contributed by atoms with E-state index in [1.54, 1.807) is 0 Å². The zero-order valence-corrected chi connectivity index (χ0v) is 22.9. The van der Waals surface area contributed by atoms with Crippen molar-refractivity contribution >= 4 is 62.8 Å². The van der Waals surface area contributed by atoms with Crippen LogP contribution in [0.1, 0.15) is 0 Å². The minimum absolute atomic E-state index is 0.264. The van der Waals surface area contributed by atoms with Gasteiger partial charge in [-0.05, 0) is 58.6 Å². The molecule has 4 heterocycles. The fraction of sp³-hybridized carbons (Fsp3) is 0. The first kappa shape index (κ1) is 22.0. The molecule has 7 aromatic rings. The zero-order valence-electron chi connectivity index (χ0n) is 22.0. The third-order valence-electron chi connectivity index (χ3n) is 9.35. The second-order valence-corrected chi connectivity index (χ2v) is 14.0. The lowest BCUT2D eigenvalue weighted by Gasteiger charge is -2.36. The summed E-state index contributed by atoms with van der Waals surface area (Å²) in [6.07, 6.45) is 0. The predicted octanol–water partition coefficient (Wildman–Crippen LogP) is 7.61. The van der Waals surface area contributed by atoms with Crippen LogP contribution in [0.5, 0.6) is 0 Å². The van der Waals surface area contributed by atoms with Crippen LogP contribution in [-0.2, 0) is 4.57 Å². The molecule has 0 saturated heterocycles. The number of hydrogen-bond acceptors (Lipinski definition) is 2. The summed E-state index contributed by atoms with van der Waals surface area (Å²) >= 11 is 0. The predicted molar refractivity (Wildman–Crippen MR) is 172 cm³/mol. The number of aromatic nitrogens is 1. The van der Waals surface area contributed by atoms with Crippen LogP contribution in [-0.4, -0.2) is 11.1 Å². The molecular formula is C36H22BN2OP. The molecule has 0 fully saturated rings. The van der Waals surface area contributed by atoms with Gasteiger partial charge in [0.1, 0.15) is 7.02 Å². The third-order valence-corrected chi connectivity index (χ3v) is 12.8. The highest BCUT2D eigenvalue weighted by Gasteiger charge is 2.60. The number of hydrogen-bond donors (Lipinski definition) is 0. The number of fused-ring (bicyclic) bond motifs is 14. The van der Waals surface area contributed by atoms with E-state index >= 15 is 4.57 Å². The maximum Gasteiger partial charge on any atom is 0.377 e. The highest BCUT2D eigenvalue weighted by molar-refractivity contribution is 8.09. The summed E-state index contributed by atoms with van der Waals surface area (Å²) < 4.78 is 18.0. The molecular weight excluding hydrogens is 518 g/mol. The Balaban J connectivity index is 1.29. The van der Waals surface area contributed by atoms with Crippen molar-refractivity contribution in [2.24, 2.45) is 0 Å². The van der Waals surface area contributed by atoms with Gasteiger partial charge < -0.3 is 13.9 Å². The SMILES string of the molecule is O=P12B3c4ccc(-n5c6ccccc6c6ccccc65)cc4-c4ccccc4N3c3cccc(c31)-c1ccccc12. The minimum Gasteiger partial charge on any atom is -0.373 e. The second kappa shape index (κ2) is 7.48. The first-order valence-electron chi connectivity index (χ1n) is 14.1. The summed E-state index contributed by atoms with van der Waals surface area (Å²) in [5, 5.41) is 4.52. The van der Waals surface area contributed by atoms with E-state index in [-0.39, 0.29) is 6.57 Å². The second-order valence-electron chi connectivity index (χ2n) is 11.3. The molecule has 190 valence electrons. The van der Waals surface area contributed by atoms with Crippen molar-refractivity contribution in [2.75, 3.05) is 4.81 Å². The van der Waals surface area contributed by atoms with Crippen LogP contribution in [0.3, 0.4) is 0 Å². The van der Waals surface area contributed by atoms with E-state index in [0.717, 1.165) is 49.8 Å².